The van der Waals surface area contributed by atoms with Gasteiger partial charge in [-0.05, 0) is 12.1 Å². The van der Waals surface area contributed by atoms with Gasteiger partial charge in [-0.25, -0.2) is 13.2 Å². The SMILES string of the molecule is COC(=O)c1ccccc1S(=O)(=O)Nc1cc(OC)c(Cl)cc1OC. The first-order valence-corrected chi connectivity index (χ1v) is 8.81. The third-order valence-corrected chi connectivity index (χ3v) is 5.02. The molecule has 7 nitrogen and oxygen atoms in total. The van der Waals surface area contributed by atoms with Gasteiger partial charge in [0.15, 0.2) is 0 Å². The summed E-state index contributed by atoms with van der Waals surface area (Å²) in [6.07, 6.45) is 0. The van der Waals surface area contributed by atoms with E-state index in [1.807, 2.05) is 0 Å². The molecule has 0 unspecified atom stereocenters. The number of hydrogen-bond donors (Lipinski definition) is 1. The quantitative estimate of drug-likeness (QED) is 0.769. The molecule has 2 aromatic rings. The van der Waals surface area contributed by atoms with Crippen LogP contribution in [-0.2, 0) is 14.8 Å². The standard InChI is InChI=1S/C16H16ClNO6S/c1-22-13-9-12(14(23-2)8-11(13)17)18-25(20,21)15-7-5-4-6-10(15)16(19)24-3/h4-9,18H,1-3H3. The molecule has 0 aromatic heterocycles. The molecular formula is C16H16ClNO6S. The number of methoxy groups -OCH3 is 3. The molecule has 2 rings (SSSR count). The molecule has 0 bridgehead atoms. The van der Waals surface area contributed by atoms with Crippen LogP contribution in [0.4, 0.5) is 5.69 Å². The summed E-state index contributed by atoms with van der Waals surface area (Å²) in [4.78, 5) is 11.6. The first-order chi connectivity index (χ1) is 11.8. The van der Waals surface area contributed by atoms with Crippen molar-refractivity contribution in [2.24, 2.45) is 0 Å². The van der Waals surface area contributed by atoms with Crippen molar-refractivity contribution in [2.45, 2.75) is 4.90 Å². The molecule has 0 amide bonds. The number of esters is 1. The van der Waals surface area contributed by atoms with Crippen LogP contribution in [0.25, 0.3) is 0 Å². The molecule has 0 aliphatic rings. The zero-order chi connectivity index (χ0) is 18.6. The molecule has 0 aliphatic heterocycles. The van der Waals surface area contributed by atoms with Gasteiger partial charge < -0.3 is 14.2 Å². The van der Waals surface area contributed by atoms with Crippen molar-refractivity contribution >= 4 is 33.3 Å². The number of carbonyl (C=O) groups is 1. The molecular weight excluding hydrogens is 370 g/mol. The molecule has 0 spiro atoms. The zero-order valence-corrected chi connectivity index (χ0v) is 15.3. The van der Waals surface area contributed by atoms with Gasteiger partial charge in [0, 0.05) is 12.1 Å². The number of hydrogen-bond acceptors (Lipinski definition) is 6. The molecule has 0 saturated carbocycles. The van der Waals surface area contributed by atoms with E-state index in [4.69, 9.17) is 21.1 Å². The summed E-state index contributed by atoms with van der Waals surface area (Å²) in [6, 6.07) is 8.51. The van der Waals surface area contributed by atoms with Gasteiger partial charge in [-0.1, -0.05) is 23.7 Å². The third kappa shape index (κ3) is 3.97. The number of halogens is 1. The lowest BCUT2D eigenvalue weighted by molar-refractivity contribution is 0.0596. The van der Waals surface area contributed by atoms with Crippen LogP contribution in [0.15, 0.2) is 41.3 Å². The second-order valence-electron chi connectivity index (χ2n) is 4.78. The smallest absolute Gasteiger partial charge is 0.339 e. The predicted molar refractivity (Wildman–Crippen MR) is 93.1 cm³/mol. The van der Waals surface area contributed by atoms with Crippen LogP contribution in [0.3, 0.4) is 0 Å². The van der Waals surface area contributed by atoms with E-state index in [-0.39, 0.29) is 32.7 Å². The lowest BCUT2D eigenvalue weighted by Crippen LogP contribution is -2.18. The van der Waals surface area contributed by atoms with E-state index >= 15 is 0 Å². The molecule has 2 aromatic carbocycles. The Hall–Kier alpha value is -2.45. The van der Waals surface area contributed by atoms with Crippen LogP contribution in [-0.4, -0.2) is 35.7 Å². The average molecular weight is 386 g/mol. The van der Waals surface area contributed by atoms with Gasteiger partial charge in [0.2, 0.25) is 0 Å². The van der Waals surface area contributed by atoms with Crippen LogP contribution >= 0.6 is 11.6 Å². The molecule has 0 fully saturated rings. The Bertz CT molecular complexity index is 897. The van der Waals surface area contributed by atoms with Crippen LogP contribution in [0, 0.1) is 0 Å². The Morgan fingerprint density at radius 2 is 1.68 bits per heavy atom. The third-order valence-electron chi connectivity index (χ3n) is 3.30. The zero-order valence-electron chi connectivity index (χ0n) is 13.7. The normalized spacial score (nSPS) is 10.9. The minimum Gasteiger partial charge on any atom is -0.495 e. The summed E-state index contributed by atoms with van der Waals surface area (Å²) >= 11 is 6.01. The molecule has 25 heavy (non-hydrogen) atoms. The summed E-state index contributed by atoms with van der Waals surface area (Å²) in [7, 11) is -0.151. The van der Waals surface area contributed by atoms with Gasteiger partial charge in [-0.3, -0.25) is 4.72 Å². The number of ether oxygens (including phenoxy) is 3. The van der Waals surface area contributed by atoms with Crippen molar-refractivity contribution in [2.75, 3.05) is 26.1 Å². The van der Waals surface area contributed by atoms with E-state index in [1.165, 1.54) is 57.7 Å². The lowest BCUT2D eigenvalue weighted by atomic mass is 10.2. The topological polar surface area (TPSA) is 90.9 Å². The molecule has 0 aliphatic carbocycles. The Labute approximate surface area is 150 Å². The summed E-state index contributed by atoms with van der Waals surface area (Å²) in [5.41, 5.74) is 0.0285. The monoisotopic (exact) mass is 385 g/mol. The number of benzene rings is 2. The fraction of sp³-hybridized carbons (Fsp3) is 0.188. The highest BCUT2D eigenvalue weighted by Gasteiger charge is 2.24. The molecule has 134 valence electrons. The summed E-state index contributed by atoms with van der Waals surface area (Å²) in [5, 5.41) is 0.261. The van der Waals surface area contributed by atoms with E-state index in [2.05, 4.69) is 9.46 Å². The van der Waals surface area contributed by atoms with Crippen LogP contribution < -0.4 is 14.2 Å². The van der Waals surface area contributed by atoms with Crippen molar-refractivity contribution in [3.8, 4) is 11.5 Å². The molecule has 0 atom stereocenters. The second kappa shape index (κ2) is 7.62. The maximum absolute atomic E-state index is 12.7. The molecule has 0 heterocycles. The van der Waals surface area contributed by atoms with Gasteiger partial charge >= 0.3 is 5.97 Å². The van der Waals surface area contributed by atoms with Gasteiger partial charge in [0.05, 0.1) is 37.6 Å². The van der Waals surface area contributed by atoms with Crippen molar-refractivity contribution in [3.63, 3.8) is 0 Å². The fourth-order valence-corrected chi connectivity index (χ4v) is 3.61. The predicted octanol–water partition coefficient (Wildman–Crippen LogP) is 2.94. The van der Waals surface area contributed by atoms with Crippen LogP contribution in [0.1, 0.15) is 10.4 Å². The highest BCUT2D eigenvalue weighted by Crippen LogP contribution is 2.37. The minimum atomic E-state index is -4.10. The van der Waals surface area contributed by atoms with Crippen molar-refractivity contribution < 1.29 is 27.4 Å². The van der Waals surface area contributed by atoms with Crippen molar-refractivity contribution in [1.82, 2.24) is 0 Å². The Balaban J connectivity index is 2.52. The van der Waals surface area contributed by atoms with Crippen LogP contribution in [0.5, 0.6) is 11.5 Å². The van der Waals surface area contributed by atoms with Gasteiger partial charge in [-0.2, -0.15) is 0 Å². The maximum atomic E-state index is 12.7. The van der Waals surface area contributed by atoms with E-state index in [0.29, 0.717) is 0 Å². The number of carbonyl (C=O) groups excluding carboxylic acids is 1. The van der Waals surface area contributed by atoms with Gasteiger partial charge in [-0.15, -0.1) is 0 Å². The number of anilines is 1. The van der Waals surface area contributed by atoms with Crippen LogP contribution in [0.2, 0.25) is 5.02 Å². The summed E-state index contributed by atoms with van der Waals surface area (Å²) < 4.78 is 42.7. The molecule has 1 N–H and O–H groups in total. The van der Waals surface area contributed by atoms with Gasteiger partial charge in [0.25, 0.3) is 10.0 Å². The lowest BCUT2D eigenvalue weighted by Gasteiger charge is -2.15. The molecule has 0 radical (unpaired) electrons. The van der Waals surface area contributed by atoms with E-state index in [1.54, 1.807) is 0 Å². The first-order valence-electron chi connectivity index (χ1n) is 6.95. The summed E-state index contributed by atoms with van der Waals surface area (Å²) in [6.45, 7) is 0. The molecule has 9 heteroatoms. The Kier molecular flexibility index (Phi) is 5.76. The van der Waals surface area contributed by atoms with Gasteiger partial charge in [0.1, 0.15) is 16.4 Å². The first kappa shape index (κ1) is 18.9. The Morgan fingerprint density at radius 1 is 1.04 bits per heavy atom. The number of sulfonamides is 1. The number of rotatable bonds is 6. The largest absolute Gasteiger partial charge is 0.495 e. The van der Waals surface area contributed by atoms with E-state index in [9.17, 15) is 13.2 Å². The minimum absolute atomic E-state index is 0.0857. The van der Waals surface area contributed by atoms with Crippen molar-refractivity contribution in [1.29, 1.82) is 0 Å². The highest BCUT2D eigenvalue weighted by molar-refractivity contribution is 7.92. The maximum Gasteiger partial charge on any atom is 0.339 e. The van der Waals surface area contributed by atoms with E-state index < -0.39 is 16.0 Å². The van der Waals surface area contributed by atoms with E-state index in [0.717, 1.165) is 0 Å². The Morgan fingerprint density at radius 3 is 2.28 bits per heavy atom. The second-order valence-corrected chi connectivity index (χ2v) is 6.84. The fourth-order valence-electron chi connectivity index (χ4n) is 2.12. The average Bonchev–Trinajstić information content (AvgIpc) is 2.61. The number of nitrogens with one attached hydrogen (secondary N) is 1. The molecule has 0 saturated heterocycles. The summed E-state index contributed by atoms with van der Waals surface area (Å²) in [5.74, 6) is -0.298. The van der Waals surface area contributed by atoms with Crippen molar-refractivity contribution in [3.05, 3.63) is 47.0 Å². The highest BCUT2D eigenvalue weighted by atomic mass is 35.5.